The van der Waals surface area contributed by atoms with Gasteiger partial charge in [-0.3, -0.25) is 4.70 Å². The van der Waals surface area contributed by atoms with Crippen LogP contribution in [0.2, 0.25) is 10.0 Å². The van der Waals surface area contributed by atoms with E-state index in [9.17, 15) is 0 Å². The van der Waals surface area contributed by atoms with Crippen LogP contribution in [0.4, 0.5) is 4.70 Å². The lowest BCUT2D eigenvalue weighted by Gasteiger charge is -2.03. The van der Waals surface area contributed by atoms with Crippen LogP contribution < -0.4 is 0 Å². The molecule has 0 saturated heterocycles. The normalized spacial score (nSPS) is 10.0. The van der Waals surface area contributed by atoms with Gasteiger partial charge >= 0.3 is 0 Å². The summed E-state index contributed by atoms with van der Waals surface area (Å²) in [6, 6.07) is 14.5. The molecule has 21 heavy (non-hydrogen) atoms. The fraction of sp³-hybridized carbons (Fsp3) is 0. The van der Waals surface area contributed by atoms with Crippen LogP contribution >= 0.6 is 23.2 Å². The monoisotopic (exact) mass is 322 g/mol. The van der Waals surface area contributed by atoms with Crippen LogP contribution in [-0.4, -0.2) is 20.4 Å². The van der Waals surface area contributed by atoms with Crippen molar-refractivity contribution in [1.29, 1.82) is 0 Å². The van der Waals surface area contributed by atoms with Crippen molar-refractivity contribution >= 4 is 23.2 Å². The van der Waals surface area contributed by atoms with E-state index in [-0.39, 0.29) is 4.70 Å². The Balaban J connectivity index is 0.00000161. The first kappa shape index (κ1) is 15.3. The second-order valence-corrected chi connectivity index (χ2v) is 4.82. The van der Waals surface area contributed by atoms with Crippen LogP contribution in [0, 0.1) is 0 Å². The van der Waals surface area contributed by atoms with Gasteiger partial charge in [0.05, 0.1) is 10.0 Å². The molecule has 1 heterocycles. The van der Waals surface area contributed by atoms with Crippen molar-refractivity contribution in [3.8, 4) is 22.8 Å². The zero-order valence-corrected chi connectivity index (χ0v) is 12.1. The Hall–Kier alpha value is -2.11. The molecule has 106 valence electrons. The minimum atomic E-state index is 0. The molecule has 0 atom stereocenters. The Bertz CT molecular complexity index is 685. The third-order valence-electron chi connectivity index (χ3n) is 2.71. The smallest absolute Gasteiger partial charge is 0.205 e. The SMILES string of the molecule is Clc1ccccc1-c1nnc(-c2ccccc2Cl)nn1.F. The second kappa shape index (κ2) is 6.56. The molecule has 0 fully saturated rings. The molecule has 0 spiro atoms. The van der Waals surface area contributed by atoms with Gasteiger partial charge in [-0.05, 0) is 24.3 Å². The van der Waals surface area contributed by atoms with E-state index in [2.05, 4.69) is 20.4 Å². The summed E-state index contributed by atoms with van der Waals surface area (Å²) in [6.07, 6.45) is 0. The molecule has 3 rings (SSSR count). The van der Waals surface area contributed by atoms with Gasteiger partial charge < -0.3 is 0 Å². The molecule has 1 aromatic heterocycles. The number of rotatable bonds is 2. The highest BCUT2D eigenvalue weighted by Gasteiger charge is 2.10. The van der Waals surface area contributed by atoms with Gasteiger partial charge in [0.15, 0.2) is 0 Å². The summed E-state index contributed by atoms with van der Waals surface area (Å²) in [5.74, 6) is 0.762. The zero-order chi connectivity index (χ0) is 13.9. The number of halogens is 3. The van der Waals surface area contributed by atoms with E-state index < -0.39 is 0 Å². The van der Waals surface area contributed by atoms with E-state index in [1.54, 1.807) is 12.1 Å². The first-order valence-corrected chi connectivity index (χ1v) is 6.58. The number of hydrogen-bond acceptors (Lipinski definition) is 4. The van der Waals surface area contributed by atoms with Crippen molar-refractivity contribution in [2.45, 2.75) is 0 Å². The average Bonchev–Trinajstić information content (AvgIpc) is 2.49. The maximum absolute atomic E-state index is 6.08. The Labute approximate surface area is 130 Å². The highest BCUT2D eigenvalue weighted by molar-refractivity contribution is 6.33. The predicted octanol–water partition coefficient (Wildman–Crippen LogP) is 4.06. The van der Waals surface area contributed by atoms with Crippen molar-refractivity contribution in [1.82, 2.24) is 20.4 Å². The fourth-order valence-corrected chi connectivity index (χ4v) is 2.17. The lowest BCUT2D eigenvalue weighted by molar-refractivity contribution is 0.876. The molecular weight excluding hydrogens is 314 g/mol. The summed E-state index contributed by atoms with van der Waals surface area (Å²) in [5, 5.41) is 17.4. The standard InChI is InChI=1S/C14H8Cl2N4.FH/c15-11-7-3-1-5-9(11)13-17-19-14(20-18-13)10-6-2-4-8-12(10)16;/h1-8H;1H. The first-order chi connectivity index (χ1) is 9.75. The summed E-state index contributed by atoms with van der Waals surface area (Å²) < 4.78 is 0. The molecule has 3 aromatic rings. The minimum absolute atomic E-state index is 0. The Kier molecular flexibility index (Phi) is 4.77. The van der Waals surface area contributed by atoms with Gasteiger partial charge in [-0.25, -0.2) is 0 Å². The molecule has 0 aliphatic heterocycles. The van der Waals surface area contributed by atoms with Crippen LogP contribution in [-0.2, 0) is 0 Å². The van der Waals surface area contributed by atoms with Crippen LogP contribution in [0.3, 0.4) is 0 Å². The molecular formula is C14H9Cl2FN4. The van der Waals surface area contributed by atoms with Gasteiger partial charge in [-0.1, -0.05) is 47.5 Å². The van der Waals surface area contributed by atoms with Gasteiger partial charge in [-0.15, -0.1) is 20.4 Å². The van der Waals surface area contributed by atoms with Gasteiger partial charge in [0.25, 0.3) is 0 Å². The summed E-state index contributed by atoms with van der Waals surface area (Å²) in [4.78, 5) is 0. The average molecular weight is 323 g/mol. The zero-order valence-electron chi connectivity index (χ0n) is 10.6. The lowest BCUT2D eigenvalue weighted by atomic mass is 10.2. The molecule has 0 aliphatic rings. The molecule has 0 amide bonds. The van der Waals surface area contributed by atoms with E-state index in [0.717, 1.165) is 0 Å². The number of aromatic nitrogens is 4. The number of benzene rings is 2. The maximum atomic E-state index is 6.08. The van der Waals surface area contributed by atoms with E-state index in [1.165, 1.54) is 0 Å². The van der Waals surface area contributed by atoms with Gasteiger partial charge in [0.1, 0.15) is 0 Å². The molecule has 0 N–H and O–H groups in total. The molecule has 7 heteroatoms. The van der Waals surface area contributed by atoms with Crippen molar-refractivity contribution < 1.29 is 4.70 Å². The summed E-state index contributed by atoms with van der Waals surface area (Å²) in [6.45, 7) is 0. The minimum Gasteiger partial charge on any atom is -0.269 e. The van der Waals surface area contributed by atoms with Gasteiger partial charge in [-0.2, -0.15) is 0 Å². The predicted molar refractivity (Wildman–Crippen MR) is 81.0 cm³/mol. The second-order valence-electron chi connectivity index (χ2n) is 4.01. The largest absolute Gasteiger partial charge is 0.269 e. The van der Waals surface area contributed by atoms with Crippen LogP contribution in [0.15, 0.2) is 48.5 Å². The number of nitrogens with zero attached hydrogens (tertiary/aromatic N) is 4. The van der Waals surface area contributed by atoms with Crippen LogP contribution in [0.5, 0.6) is 0 Å². The molecule has 0 radical (unpaired) electrons. The van der Waals surface area contributed by atoms with E-state index in [4.69, 9.17) is 23.2 Å². The van der Waals surface area contributed by atoms with Crippen molar-refractivity contribution in [3.63, 3.8) is 0 Å². The summed E-state index contributed by atoms with van der Waals surface area (Å²) in [5.41, 5.74) is 1.39. The van der Waals surface area contributed by atoms with E-state index >= 15 is 0 Å². The van der Waals surface area contributed by atoms with E-state index in [0.29, 0.717) is 32.8 Å². The Morgan fingerprint density at radius 3 is 1.24 bits per heavy atom. The number of hydrogen-bond donors (Lipinski definition) is 0. The third kappa shape index (κ3) is 3.15. The molecule has 0 bridgehead atoms. The maximum Gasteiger partial charge on any atom is 0.205 e. The highest BCUT2D eigenvalue weighted by Crippen LogP contribution is 2.26. The quantitative estimate of drug-likeness (QED) is 0.714. The van der Waals surface area contributed by atoms with Crippen molar-refractivity contribution in [2.24, 2.45) is 0 Å². The molecule has 4 nitrogen and oxygen atoms in total. The van der Waals surface area contributed by atoms with Gasteiger partial charge in [0.2, 0.25) is 11.6 Å². The van der Waals surface area contributed by atoms with Crippen molar-refractivity contribution in [3.05, 3.63) is 58.6 Å². The fourth-order valence-electron chi connectivity index (χ4n) is 1.73. The molecule has 2 aromatic carbocycles. The third-order valence-corrected chi connectivity index (χ3v) is 3.37. The van der Waals surface area contributed by atoms with E-state index in [1.807, 2.05) is 36.4 Å². The highest BCUT2D eigenvalue weighted by atomic mass is 35.5. The van der Waals surface area contributed by atoms with Gasteiger partial charge in [0, 0.05) is 11.1 Å². The summed E-state index contributed by atoms with van der Waals surface area (Å²) >= 11 is 12.2. The summed E-state index contributed by atoms with van der Waals surface area (Å²) in [7, 11) is 0. The Morgan fingerprint density at radius 1 is 0.571 bits per heavy atom. The lowest BCUT2D eigenvalue weighted by Crippen LogP contribution is -1.99. The Morgan fingerprint density at radius 2 is 0.905 bits per heavy atom. The van der Waals surface area contributed by atoms with Crippen molar-refractivity contribution in [2.75, 3.05) is 0 Å². The molecule has 0 aliphatic carbocycles. The molecule has 0 unspecified atom stereocenters. The molecule has 0 saturated carbocycles. The van der Waals surface area contributed by atoms with Crippen LogP contribution in [0.25, 0.3) is 22.8 Å². The topological polar surface area (TPSA) is 51.6 Å². The van der Waals surface area contributed by atoms with Crippen LogP contribution in [0.1, 0.15) is 0 Å². The first-order valence-electron chi connectivity index (χ1n) is 5.83.